The van der Waals surface area contributed by atoms with Gasteiger partial charge < -0.3 is 14.0 Å². The molecule has 2 aliphatic rings. The average molecular weight is 315 g/mol. The van der Waals surface area contributed by atoms with Crippen molar-refractivity contribution in [2.24, 2.45) is 0 Å². The van der Waals surface area contributed by atoms with Crippen LogP contribution in [0.3, 0.4) is 0 Å². The molecule has 0 saturated carbocycles. The number of nitrogens with zero attached hydrogens (tertiary/aromatic N) is 3. The summed E-state index contributed by atoms with van der Waals surface area (Å²) in [6.07, 6.45) is 0.820. The van der Waals surface area contributed by atoms with Crippen molar-refractivity contribution in [3.63, 3.8) is 0 Å². The van der Waals surface area contributed by atoms with Crippen molar-refractivity contribution < 1.29 is 14.0 Å². The number of morpholine rings is 1. The predicted molar refractivity (Wildman–Crippen MR) is 82.9 cm³/mol. The van der Waals surface area contributed by atoms with E-state index >= 15 is 0 Å². The molecule has 6 heteroatoms. The average Bonchev–Trinajstić information content (AvgIpc) is 3.28. The molecular formula is C17H21N3O3. The largest absolute Gasteiger partial charge is 0.381 e. The highest BCUT2D eigenvalue weighted by Crippen LogP contribution is 2.26. The molecule has 2 fully saturated rings. The second kappa shape index (κ2) is 6.78. The fraction of sp³-hybridized carbons (Fsp3) is 0.529. The zero-order valence-electron chi connectivity index (χ0n) is 13.1. The van der Waals surface area contributed by atoms with E-state index in [1.165, 1.54) is 5.56 Å². The molecule has 2 saturated heterocycles. The molecule has 23 heavy (non-hydrogen) atoms. The number of ether oxygens (including phenoxy) is 2. The Kier molecular flexibility index (Phi) is 4.37. The first kappa shape index (κ1) is 14.8. The Morgan fingerprint density at radius 2 is 2.09 bits per heavy atom. The monoisotopic (exact) mass is 315 g/mol. The molecule has 122 valence electrons. The van der Waals surface area contributed by atoms with Crippen molar-refractivity contribution in [1.82, 2.24) is 15.0 Å². The summed E-state index contributed by atoms with van der Waals surface area (Å²) in [4.78, 5) is 6.92. The van der Waals surface area contributed by atoms with Gasteiger partial charge in [0.25, 0.3) is 5.89 Å². The molecule has 2 atom stereocenters. The highest BCUT2D eigenvalue weighted by atomic mass is 16.5. The second-order valence-corrected chi connectivity index (χ2v) is 6.13. The molecule has 0 radical (unpaired) electrons. The van der Waals surface area contributed by atoms with Gasteiger partial charge in [0.05, 0.1) is 13.2 Å². The highest BCUT2D eigenvalue weighted by molar-refractivity contribution is 5.14. The van der Waals surface area contributed by atoms with Gasteiger partial charge in [0.2, 0.25) is 0 Å². The summed E-state index contributed by atoms with van der Waals surface area (Å²) in [7, 11) is 0. The van der Waals surface area contributed by atoms with Crippen molar-refractivity contribution in [2.75, 3.05) is 32.9 Å². The molecule has 0 N–H and O–H groups in total. The Hall–Kier alpha value is -1.76. The van der Waals surface area contributed by atoms with Gasteiger partial charge in [-0.15, -0.1) is 0 Å². The first-order valence-corrected chi connectivity index (χ1v) is 8.17. The van der Waals surface area contributed by atoms with Crippen LogP contribution < -0.4 is 0 Å². The van der Waals surface area contributed by atoms with E-state index in [1.54, 1.807) is 0 Å². The number of benzene rings is 1. The van der Waals surface area contributed by atoms with Crippen LogP contribution in [0.15, 0.2) is 34.9 Å². The molecule has 4 rings (SSSR count). The van der Waals surface area contributed by atoms with E-state index in [9.17, 15) is 0 Å². The first-order valence-electron chi connectivity index (χ1n) is 8.17. The van der Waals surface area contributed by atoms with Crippen LogP contribution in [-0.2, 0) is 16.0 Å². The summed E-state index contributed by atoms with van der Waals surface area (Å²) in [6.45, 7) is 4.75. The topological polar surface area (TPSA) is 60.6 Å². The van der Waals surface area contributed by atoms with Crippen molar-refractivity contribution in [1.29, 1.82) is 0 Å². The van der Waals surface area contributed by atoms with Crippen LogP contribution in [0.4, 0.5) is 0 Å². The Morgan fingerprint density at radius 3 is 2.91 bits per heavy atom. The van der Waals surface area contributed by atoms with Crippen LogP contribution in [-0.4, -0.2) is 48.0 Å². The maximum absolute atomic E-state index is 5.84. The molecule has 1 aromatic heterocycles. The molecule has 0 unspecified atom stereocenters. The van der Waals surface area contributed by atoms with E-state index in [-0.39, 0.29) is 12.0 Å². The van der Waals surface area contributed by atoms with Gasteiger partial charge in [-0.1, -0.05) is 35.5 Å². The third-order valence-corrected chi connectivity index (χ3v) is 4.43. The van der Waals surface area contributed by atoms with Crippen LogP contribution in [0, 0.1) is 0 Å². The normalized spacial score (nSPS) is 25.7. The molecule has 6 nitrogen and oxygen atoms in total. The van der Waals surface area contributed by atoms with Crippen LogP contribution >= 0.6 is 0 Å². The fourth-order valence-corrected chi connectivity index (χ4v) is 3.12. The van der Waals surface area contributed by atoms with E-state index in [1.807, 2.05) is 6.07 Å². The Morgan fingerprint density at radius 1 is 1.17 bits per heavy atom. The van der Waals surface area contributed by atoms with Crippen LogP contribution in [0.25, 0.3) is 0 Å². The minimum atomic E-state index is -0.143. The summed E-state index contributed by atoms with van der Waals surface area (Å²) in [5.74, 6) is 1.60. The van der Waals surface area contributed by atoms with Crippen LogP contribution in [0.5, 0.6) is 0 Å². The maximum Gasteiger partial charge on any atom is 0.257 e. The van der Waals surface area contributed by atoms with E-state index in [0.717, 1.165) is 38.5 Å². The van der Waals surface area contributed by atoms with E-state index in [2.05, 4.69) is 39.3 Å². The molecule has 3 heterocycles. The van der Waals surface area contributed by atoms with Gasteiger partial charge in [-0.25, -0.2) is 0 Å². The van der Waals surface area contributed by atoms with E-state index in [0.29, 0.717) is 19.1 Å². The van der Waals surface area contributed by atoms with Gasteiger partial charge in [-0.05, 0) is 12.0 Å². The fourth-order valence-electron chi connectivity index (χ4n) is 3.12. The third-order valence-electron chi connectivity index (χ3n) is 4.43. The lowest BCUT2D eigenvalue weighted by molar-refractivity contribution is -0.0475. The van der Waals surface area contributed by atoms with E-state index < -0.39 is 0 Å². The summed E-state index contributed by atoms with van der Waals surface area (Å²) in [6, 6.07) is 10.5. The number of hydrogen-bond acceptors (Lipinski definition) is 6. The molecule has 0 amide bonds. The molecular weight excluding hydrogens is 294 g/mol. The second-order valence-electron chi connectivity index (χ2n) is 6.13. The first-order chi connectivity index (χ1) is 11.4. The third kappa shape index (κ3) is 3.44. The summed E-state index contributed by atoms with van der Waals surface area (Å²) >= 11 is 0. The van der Waals surface area contributed by atoms with Gasteiger partial charge >= 0.3 is 0 Å². The standard InChI is InChI=1S/C17H21N3O3/c1-2-4-13(5-3-1)10-20-7-9-22-15(11-20)17-18-16(19-23-17)14-6-8-21-12-14/h1-5,14-15H,6-12H2/t14-,15+/m1/s1. The van der Waals surface area contributed by atoms with Crippen LogP contribution in [0.2, 0.25) is 0 Å². The van der Waals surface area contributed by atoms with Gasteiger partial charge in [0.1, 0.15) is 6.10 Å². The molecule has 0 spiro atoms. The predicted octanol–water partition coefficient (Wildman–Crippen LogP) is 2.15. The minimum absolute atomic E-state index is 0.143. The zero-order valence-corrected chi connectivity index (χ0v) is 13.1. The minimum Gasteiger partial charge on any atom is -0.381 e. The SMILES string of the molecule is c1ccc(CN2CCO[C@H](c3nc([C@@H]4CCOC4)no3)C2)cc1. The van der Waals surface area contributed by atoms with Crippen LogP contribution in [0.1, 0.15) is 35.7 Å². The molecule has 1 aromatic carbocycles. The van der Waals surface area contributed by atoms with Gasteiger partial charge in [-0.2, -0.15) is 4.98 Å². The van der Waals surface area contributed by atoms with Crippen molar-refractivity contribution in [2.45, 2.75) is 25.0 Å². The molecule has 2 aromatic rings. The number of rotatable bonds is 4. The lowest BCUT2D eigenvalue weighted by atomic mass is 10.1. The number of aromatic nitrogens is 2. The van der Waals surface area contributed by atoms with E-state index in [4.69, 9.17) is 14.0 Å². The van der Waals surface area contributed by atoms with Gasteiger partial charge in [0.15, 0.2) is 5.82 Å². The molecule has 0 aliphatic carbocycles. The summed E-state index contributed by atoms with van der Waals surface area (Å²) < 4.78 is 16.7. The van der Waals surface area contributed by atoms with Crippen molar-refractivity contribution in [3.05, 3.63) is 47.6 Å². The molecule has 0 bridgehead atoms. The lowest BCUT2D eigenvalue weighted by Gasteiger charge is -2.31. The van der Waals surface area contributed by atoms with Gasteiger partial charge in [-0.3, -0.25) is 4.90 Å². The van der Waals surface area contributed by atoms with Gasteiger partial charge in [0, 0.05) is 32.2 Å². The zero-order chi connectivity index (χ0) is 15.5. The van der Waals surface area contributed by atoms with Crippen molar-refractivity contribution >= 4 is 0 Å². The van der Waals surface area contributed by atoms with Crippen molar-refractivity contribution in [3.8, 4) is 0 Å². The Bertz CT molecular complexity index is 625. The maximum atomic E-state index is 5.84. The quantitative estimate of drug-likeness (QED) is 0.861. The highest BCUT2D eigenvalue weighted by Gasteiger charge is 2.29. The Balaban J connectivity index is 1.41. The Labute approximate surface area is 135 Å². The summed E-state index contributed by atoms with van der Waals surface area (Å²) in [5, 5.41) is 4.12. The smallest absolute Gasteiger partial charge is 0.257 e. The summed E-state index contributed by atoms with van der Waals surface area (Å²) in [5.41, 5.74) is 1.31. The molecule has 2 aliphatic heterocycles. The number of hydrogen-bond donors (Lipinski definition) is 0. The lowest BCUT2D eigenvalue weighted by Crippen LogP contribution is -2.37.